The number of fused-ring (bicyclic) bond motifs is 1. The van der Waals surface area contributed by atoms with Gasteiger partial charge in [0, 0.05) is 31.5 Å². The molecule has 4 rings (SSSR count). The minimum atomic E-state index is -0.267. The molecule has 9 nitrogen and oxygen atoms in total. The van der Waals surface area contributed by atoms with Gasteiger partial charge >= 0.3 is 0 Å². The summed E-state index contributed by atoms with van der Waals surface area (Å²) in [6, 6.07) is 11.1. The highest BCUT2D eigenvalue weighted by Gasteiger charge is 2.09. The molecule has 0 fully saturated rings. The van der Waals surface area contributed by atoms with Crippen LogP contribution in [0.4, 0.5) is 5.82 Å². The van der Waals surface area contributed by atoms with Gasteiger partial charge in [-0.2, -0.15) is 5.10 Å². The molecule has 2 N–H and O–H groups in total. The van der Waals surface area contributed by atoms with Crippen LogP contribution in [0.3, 0.4) is 0 Å². The van der Waals surface area contributed by atoms with Crippen molar-refractivity contribution in [1.82, 2.24) is 35.0 Å². The number of aryl methyl sites for hydroxylation is 1. The summed E-state index contributed by atoms with van der Waals surface area (Å²) in [4.78, 5) is 29.6. The molecule has 0 saturated carbocycles. The molecule has 3 heterocycles. The monoisotopic (exact) mass is 374 g/mol. The maximum absolute atomic E-state index is 12.3. The SMILES string of the molecule is Cc1nc(NCCNC(=O)c2cnc3ccccc3n2)cc(-n2cccn2)n1. The van der Waals surface area contributed by atoms with E-state index in [1.807, 2.05) is 43.5 Å². The molecule has 0 radical (unpaired) electrons. The number of nitrogens with one attached hydrogen (secondary N) is 2. The summed E-state index contributed by atoms with van der Waals surface area (Å²) < 4.78 is 1.67. The van der Waals surface area contributed by atoms with Gasteiger partial charge in [-0.15, -0.1) is 0 Å². The van der Waals surface area contributed by atoms with E-state index in [0.29, 0.717) is 36.1 Å². The largest absolute Gasteiger partial charge is 0.368 e. The Bertz CT molecular complexity index is 1110. The third kappa shape index (κ3) is 3.93. The number of hydrogen-bond acceptors (Lipinski definition) is 7. The molecule has 0 aliphatic rings. The topological polar surface area (TPSA) is 111 Å². The molecule has 4 aromatic rings. The van der Waals surface area contributed by atoms with Gasteiger partial charge in [0.15, 0.2) is 5.82 Å². The van der Waals surface area contributed by atoms with Gasteiger partial charge in [0.05, 0.1) is 17.2 Å². The summed E-state index contributed by atoms with van der Waals surface area (Å²) in [7, 11) is 0. The molecule has 1 aromatic carbocycles. The van der Waals surface area contributed by atoms with Gasteiger partial charge in [0.25, 0.3) is 5.91 Å². The Balaban J connectivity index is 1.34. The quantitative estimate of drug-likeness (QED) is 0.495. The standard InChI is InChI=1S/C19H18N8O/c1-13-24-17(11-18(25-13)27-10-4-7-23-27)20-8-9-21-19(28)16-12-22-14-5-2-3-6-15(14)26-16/h2-7,10-12H,8-9H2,1H3,(H,21,28)(H,20,24,25). The van der Waals surface area contributed by atoms with Crippen LogP contribution in [0.25, 0.3) is 16.9 Å². The molecule has 1 amide bonds. The number of benzene rings is 1. The number of anilines is 1. The van der Waals surface area contributed by atoms with Crippen LogP contribution in [0.15, 0.2) is 55.0 Å². The summed E-state index contributed by atoms with van der Waals surface area (Å²) in [5.74, 6) is 1.70. The number of carbonyl (C=O) groups is 1. The van der Waals surface area contributed by atoms with Crippen LogP contribution in [0.2, 0.25) is 0 Å². The number of nitrogens with zero attached hydrogens (tertiary/aromatic N) is 6. The second-order valence-electron chi connectivity index (χ2n) is 6.04. The second kappa shape index (κ2) is 7.78. The van der Waals surface area contributed by atoms with Crippen molar-refractivity contribution in [2.75, 3.05) is 18.4 Å². The molecular weight excluding hydrogens is 356 g/mol. The smallest absolute Gasteiger partial charge is 0.271 e. The highest BCUT2D eigenvalue weighted by molar-refractivity contribution is 5.93. The highest BCUT2D eigenvalue weighted by Crippen LogP contribution is 2.10. The van der Waals surface area contributed by atoms with Crippen molar-refractivity contribution in [3.05, 3.63) is 66.5 Å². The molecule has 0 spiro atoms. The Kier molecular flexibility index (Phi) is 4.87. The number of carbonyl (C=O) groups excluding carboxylic acids is 1. The van der Waals surface area contributed by atoms with Crippen molar-refractivity contribution in [3.63, 3.8) is 0 Å². The lowest BCUT2D eigenvalue weighted by Crippen LogP contribution is -2.29. The van der Waals surface area contributed by atoms with Gasteiger partial charge in [-0.25, -0.2) is 19.6 Å². The van der Waals surface area contributed by atoms with Gasteiger partial charge in [0.1, 0.15) is 17.3 Å². The van der Waals surface area contributed by atoms with Crippen molar-refractivity contribution in [2.24, 2.45) is 0 Å². The summed E-state index contributed by atoms with van der Waals surface area (Å²) in [5, 5.41) is 10.2. The summed E-state index contributed by atoms with van der Waals surface area (Å²) in [5.41, 5.74) is 1.74. The average molecular weight is 374 g/mol. The van der Waals surface area contributed by atoms with Gasteiger partial charge < -0.3 is 10.6 Å². The summed E-state index contributed by atoms with van der Waals surface area (Å²) in [6.45, 7) is 2.73. The van der Waals surface area contributed by atoms with Crippen molar-refractivity contribution in [1.29, 1.82) is 0 Å². The van der Waals surface area contributed by atoms with Gasteiger partial charge in [-0.3, -0.25) is 9.78 Å². The zero-order valence-corrected chi connectivity index (χ0v) is 15.2. The van der Waals surface area contributed by atoms with E-state index < -0.39 is 0 Å². The van der Waals surface area contributed by atoms with Crippen LogP contribution >= 0.6 is 0 Å². The first kappa shape index (κ1) is 17.5. The van der Waals surface area contributed by atoms with Crippen molar-refractivity contribution < 1.29 is 4.79 Å². The average Bonchev–Trinajstić information content (AvgIpc) is 3.25. The first-order valence-electron chi connectivity index (χ1n) is 8.78. The van der Waals surface area contributed by atoms with Crippen LogP contribution in [0.1, 0.15) is 16.3 Å². The van der Waals surface area contributed by atoms with E-state index >= 15 is 0 Å². The molecule has 28 heavy (non-hydrogen) atoms. The maximum atomic E-state index is 12.3. The molecule has 0 unspecified atom stereocenters. The Morgan fingerprint density at radius 2 is 1.93 bits per heavy atom. The number of para-hydroxylation sites is 2. The Morgan fingerprint density at radius 1 is 1.07 bits per heavy atom. The number of rotatable bonds is 6. The fourth-order valence-electron chi connectivity index (χ4n) is 2.69. The maximum Gasteiger partial charge on any atom is 0.271 e. The molecule has 0 atom stereocenters. The van der Waals surface area contributed by atoms with Crippen molar-refractivity contribution >= 4 is 22.8 Å². The van der Waals surface area contributed by atoms with Gasteiger partial charge in [-0.05, 0) is 25.1 Å². The third-order valence-corrected chi connectivity index (χ3v) is 3.96. The first-order valence-corrected chi connectivity index (χ1v) is 8.78. The van der Waals surface area contributed by atoms with Crippen LogP contribution in [-0.2, 0) is 0 Å². The van der Waals surface area contributed by atoms with E-state index in [2.05, 4.69) is 35.7 Å². The van der Waals surface area contributed by atoms with E-state index in [1.54, 1.807) is 16.9 Å². The van der Waals surface area contributed by atoms with Crippen molar-refractivity contribution in [3.8, 4) is 5.82 Å². The lowest BCUT2D eigenvalue weighted by Gasteiger charge is -2.09. The minimum Gasteiger partial charge on any atom is -0.368 e. The normalized spacial score (nSPS) is 10.8. The number of aromatic nitrogens is 6. The molecular formula is C19H18N8O. The molecule has 0 aliphatic carbocycles. The molecule has 9 heteroatoms. The molecule has 0 aliphatic heterocycles. The fourth-order valence-corrected chi connectivity index (χ4v) is 2.69. The predicted octanol–water partition coefficient (Wildman–Crippen LogP) is 1.76. The minimum absolute atomic E-state index is 0.267. The predicted molar refractivity (Wildman–Crippen MR) is 104 cm³/mol. The molecule has 3 aromatic heterocycles. The van der Waals surface area contributed by atoms with Gasteiger partial charge in [0.2, 0.25) is 0 Å². The van der Waals surface area contributed by atoms with E-state index in [0.717, 1.165) is 5.52 Å². The summed E-state index contributed by atoms with van der Waals surface area (Å²) >= 11 is 0. The van der Waals surface area contributed by atoms with Crippen molar-refractivity contribution in [2.45, 2.75) is 6.92 Å². The van der Waals surface area contributed by atoms with Crippen LogP contribution in [0, 0.1) is 6.92 Å². The van der Waals surface area contributed by atoms with Crippen LogP contribution in [-0.4, -0.2) is 48.7 Å². The molecule has 0 saturated heterocycles. The number of hydrogen-bond donors (Lipinski definition) is 2. The van der Waals surface area contributed by atoms with E-state index in [4.69, 9.17) is 0 Å². The van der Waals surface area contributed by atoms with E-state index in [1.165, 1.54) is 6.20 Å². The zero-order chi connectivity index (χ0) is 19.3. The molecule has 140 valence electrons. The Labute approximate surface area is 160 Å². The zero-order valence-electron chi connectivity index (χ0n) is 15.2. The fraction of sp³-hybridized carbons (Fsp3) is 0.158. The highest BCUT2D eigenvalue weighted by atomic mass is 16.1. The van der Waals surface area contributed by atoms with E-state index in [9.17, 15) is 4.79 Å². The summed E-state index contributed by atoms with van der Waals surface area (Å²) in [6.07, 6.45) is 4.99. The Morgan fingerprint density at radius 3 is 2.75 bits per heavy atom. The second-order valence-corrected chi connectivity index (χ2v) is 6.04. The lowest BCUT2D eigenvalue weighted by atomic mass is 10.3. The van der Waals surface area contributed by atoms with Crippen LogP contribution in [0.5, 0.6) is 0 Å². The van der Waals surface area contributed by atoms with E-state index in [-0.39, 0.29) is 11.6 Å². The lowest BCUT2D eigenvalue weighted by molar-refractivity contribution is 0.0950. The van der Waals surface area contributed by atoms with Gasteiger partial charge in [-0.1, -0.05) is 12.1 Å². The Hall–Kier alpha value is -3.88. The first-order chi connectivity index (χ1) is 13.7. The third-order valence-electron chi connectivity index (χ3n) is 3.96. The number of amides is 1. The van der Waals surface area contributed by atoms with Crippen LogP contribution < -0.4 is 10.6 Å². The molecule has 0 bridgehead atoms.